The molecule has 3 nitrogen and oxygen atoms in total. The summed E-state index contributed by atoms with van der Waals surface area (Å²) < 4.78 is 0. The van der Waals surface area contributed by atoms with E-state index in [0.717, 1.165) is 19.4 Å². The first-order chi connectivity index (χ1) is 11.6. The normalized spacial score (nSPS) is 18.3. The largest absolute Gasteiger partial charge is 0.330 e. The minimum atomic E-state index is 0.0480. The average Bonchev–Trinajstić information content (AvgIpc) is 3.08. The summed E-state index contributed by atoms with van der Waals surface area (Å²) in [5.74, 6) is 0.192. The minimum Gasteiger partial charge on any atom is -0.330 e. The lowest BCUT2D eigenvalue weighted by molar-refractivity contribution is -0.132. The molecular weight excluding hydrogens is 316 g/mol. The molecule has 0 saturated heterocycles. The Balaban J connectivity index is 1.87. The number of benzene rings is 1. The fourth-order valence-electron chi connectivity index (χ4n) is 3.20. The number of aryl methyl sites for hydroxylation is 1. The summed E-state index contributed by atoms with van der Waals surface area (Å²) in [5, 5.41) is 5.49. The van der Waals surface area contributed by atoms with Gasteiger partial charge in [-0.15, -0.1) is 11.3 Å². The Morgan fingerprint density at radius 1 is 1.33 bits per heavy atom. The van der Waals surface area contributed by atoms with E-state index in [0.29, 0.717) is 12.6 Å². The van der Waals surface area contributed by atoms with Crippen molar-refractivity contribution in [3.8, 4) is 0 Å². The first-order valence-corrected chi connectivity index (χ1v) is 9.63. The second-order valence-corrected chi connectivity index (χ2v) is 7.64. The molecule has 1 aliphatic heterocycles. The summed E-state index contributed by atoms with van der Waals surface area (Å²) in [6.07, 6.45) is 1.99. The van der Waals surface area contributed by atoms with Crippen molar-refractivity contribution in [1.29, 1.82) is 0 Å². The quantitative estimate of drug-likeness (QED) is 0.893. The Morgan fingerprint density at radius 2 is 2.08 bits per heavy atom. The Morgan fingerprint density at radius 3 is 2.79 bits per heavy atom. The number of fused-ring (bicyclic) bond motifs is 1. The van der Waals surface area contributed by atoms with E-state index in [9.17, 15) is 4.79 Å². The number of nitrogens with zero attached hydrogens (tertiary/aromatic N) is 1. The van der Waals surface area contributed by atoms with Gasteiger partial charge in [-0.25, -0.2) is 0 Å². The maximum absolute atomic E-state index is 12.9. The molecule has 24 heavy (non-hydrogen) atoms. The van der Waals surface area contributed by atoms with Gasteiger partial charge in [-0.1, -0.05) is 36.8 Å². The number of carbonyl (C=O) groups excluding carboxylic acids is 1. The van der Waals surface area contributed by atoms with Gasteiger partial charge in [0, 0.05) is 17.5 Å². The summed E-state index contributed by atoms with van der Waals surface area (Å²) in [6, 6.07) is 11.2. The van der Waals surface area contributed by atoms with Crippen LogP contribution in [0.2, 0.25) is 0 Å². The van der Waals surface area contributed by atoms with Crippen LogP contribution in [0.15, 0.2) is 35.7 Å². The predicted octanol–water partition coefficient (Wildman–Crippen LogP) is 3.92. The molecule has 0 radical (unpaired) electrons. The lowest BCUT2D eigenvalue weighted by Crippen LogP contribution is -2.45. The van der Waals surface area contributed by atoms with Crippen molar-refractivity contribution in [2.45, 2.75) is 45.7 Å². The maximum Gasteiger partial charge on any atom is 0.237 e. The van der Waals surface area contributed by atoms with Crippen LogP contribution in [0, 0.1) is 6.92 Å². The summed E-state index contributed by atoms with van der Waals surface area (Å²) in [6.45, 7) is 7.57. The summed E-state index contributed by atoms with van der Waals surface area (Å²) in [7, 11) is 0. The highest BCUT2D eigenvalue weighted by Crippen LogP contribution is 2.37. The highest BCUT2D eigenvalue weighted by molar-refractivity contribution is 7.10. The van der Waals surface area contributed by atoms with E-state index < -0.39 is 0 Å². The number of nitrogens with one attached hydrogen (secondary N) is 1. The van der Waals surface area contributed by atoms with Gasteiger partial charge in [0.15, 0.2) is 0 Å². The molecule has 1 aliphatic rings. The fraction of sp³-hybridized carbons (Fsp3) is 0.450. The molecule has 4 heteroatoms. The second-order valence-electron chi connectivity index (χ2n) is 6.64. The van der Waals surface area contributed by atoms with E-state index in [1.807, 2.05) is 11.3 Å². The molecule has 0 fully saturated rings. The molecule has 0 spiro atoms. The van der Waals surface area contributed by atoms with Gasteiger partial charge in [0.05, 0.1) is 12.6 Å². The minimum absolute atomic E-state index is 0.0480. The van der Waals surface area contributed by atoms with Crippen LogP contribution in [0.3, 0.4) is 0 Å². The van der Waals surface area contributed by atoms with Crippen LogP contribution in [0.5, 0.6) is 0 Å². The Hall–Kier alpha value is -1.65. The SMILES string of the molecule is CC[C@H](C)NCC(=O)N1CCc2sccc2[C@H]1c1ccc(C)cc1. The molecule has 0 aliphatic carbocycles. The number of hydrogen-bond donors (Lipinski definition) is 1. The number of rotatable bonds is 5. The molecule has 2 atom stereocenters. The number of hydrogen-bond acceptors (Lipinski definition) is 3. The van der Waals surface area contributed by atoms with Crippen LogP contribution >= 0.6 is 11.3 Å². The van der Waals surface area contributed by atoms with Gasteiger partial charge < -0.3 is 10.2 Å². The smallest absolute Gasteiger partial charge is 0.237 e. The lowest BCUT2D eigenvalue weighted by atomic mass is 9.92. The molecule has 2 aromatic rings. The molecule has 3 rings (SSSR count). The monoisotopic (exact) mass is 342 g/mol. The molecular formula is C20H26N2OS. The highest BCUT2D eigenvalue weighted by Gasteiger charge is 2.32. The number of thiophene rings is 1. The van der Waals surface area contributed by atoms with Crippen LogP contribution in [0.1, 0.15) is 47.9 Å². The van der Waals surface area contributed by atoms with Crippen molar-refractivity contribution in [1.82, 2.24) is 10.2 Å². The van der Waals surface area contributed by atoms with Gasteiger partial charge in [0.2, 0.25) is 5.91 Å². The van der Waals surface area contributed by atoms with Crippen molar-refractivity contribution >= 4 is 17.2 Å². The zero-order valence-corrected chi connectivity index (χ0v) is 15.5. The molecule has 1 aromatic carbocycles. The van der Waals surface area contributed by atoms with Crippen molar-refractivity contribution < 1.29 is 4.79 Å². The predicted molar refractivity (Wildman–Crippen MR) is 101 cm³/mol. The molecule has 2 heterocycles. The van der Waals surface area contributed by atoms with E-state index in [-0.39, 0.29) is 11.9 Å². The van der Waals surface area contributed by atoms with Gasteiger partial charge in [0.1, 0.15) is 0 Å². The molecule has 128 valence electrons. The van der Waals surface area contributed by atoms with Crippen LogP contribution < -0.4 is 5.32 Å². The van der Waals surface area contributed by atoms with Gasteiger partial charge in [-0.05, 0) is 49.3 Å². The van der Waals surface area contributed by atoms with Gasteiger partial charge in [0.25, 0.3) is 0 Å². The standard InChI is InChI=1S/C20H26N2OS/c1-4-15(3)21-13-19(23)22-11-9-18-17(10-12-24-18)20(22)16-7-5-14(2)6-8-16/h5-8,10,12,15,20-21H,4,9,11,13H2,1-3H3/t15-,20+/m0/s1. The van der Waals surface area contributed by atoms with E-state index in [4.69, 9.17) is 0 Å². The number of amides is 1. The van der Waals surface area contributed by atoms with Gasteiger partial charge in [-0.3, -0.25) is 4.79 Å². The summed E-state index contributed by atoms with van der Waals surface area (Å²) in [5.41, 5.74) is 3.75. The summed E-state index contributed by atoms with van der Waals surface area (Å²) >= 11 is 1.81. The zero-order valence-electron chi connectivity index (χ0n) is 14.7. The summed E-state index contributed by atoms with van der Waals surface area (Å²) in [4.78, 5) is 16.3. The highest BCUT2D eigenvalue weighted by atomic mass is 32.1. The molecule has 1 aromatic heterocycles. The number of carbonyl (C=O) groups is 1. The maximum atomic E-state index is 12.9. The van der Waals surface area contributed by atoms with E-state index in [1.54, 1.807) is 0 Å². The van der Waals surface area contributed by atoms with Crippen molar-refractivity contribution in [2.75, 3.05) is 13.1 Å². The van der Waals surface area contributed by atoms with Crippen molar-refractivity contribution in [3.05, 3.63) is 57.3 Å². The van der Waals surface area contributed by atoms with E-state index in [1.165, 1.54) is 21.6 Å². The van der Waals surface area contributed by atoms with Crippen LogP contribution in [0.4, 0.5) is 0 Å². The van der Waals surface area contributed by atoms with Gasteiger partial charge >= 0.3 is 0 Å². The zero-order chi connectivity index (χ0) is 17.1. The van der Waals surface area contributed by atoms with Crippen molar-refractivity contribution in [3.63, 3.8) is 0 Å². The molecule has 1 N–H and O–H groups in total. The Bertz CT molecular complexity index is 692. The topological polar surface area (TPSA) is 32.3 Å². The third kappa shape index (κ3) is 3.55. The molecule has 1 amide bonds. The van der Waals surface area contributed by atoms with Crippen LogP contribution in [-0.2, 0) is 11.2 Å². The first-order valence-electron chi connectivity index (χ1n) is 8.75. The molecule has 0 saturated carbocycles. The third-order valence-electron chi connectivity index (χ3n) is 4.89. The van der Waals surface area contributed by atoms with E-state index >= 15 is 0 Å². The van der Waals surface area contributed by atoms with Crippen LogP contribution in [-0.4, -0.2) is 29.9 Å². The fourth-order valence-corrected chi connectivity index (χ4v) is 4.10. The van der Waals surface area contributed by atoms with Gasteiger partial charge in [-0.2, -0.15) is 0 Å². The van der Waals surface area contributed by atoms with E-state index in [2.05, 4.69) is 66.7 Å². The first kappa shape index (κ1) is 17.2. The Kier molecular flexibility index (Phi) is 5.36. The lowest BCUT2D eigenvalue weighted by Gasteiger charge is -2.36. The van der Waals surface area contributed by atoms with Crippen molar-refractivity contribution in [2.24, 2.45) is 0 Å². The Labute approximate surface area is 148 Å². The third-order valence-corrected chi connectivity index (χ3v) is 5.89. The molecule has 0 unspecified atom stereocenters. The average molecular weight is 343 g/mol. The molecule has 0 bridgehead atoms. The second kappa shape index (κ2) is 7.49. The van der Waals surface area contributed by atoms with Crippen LogP contribution in [0.25, 0.3) is 0 Å².